The van der Waals surface area contributed by atoms with Crippen molar-refractivity contribution in [2.75, 3.05) is 53.4 Å². The number of nitrogens with zero attached hydrogens (tertiary/aromatic N) is 3. The number of carbonyl (C=O) groups is 3. The van der Waals surface area contributed by atoms with Crippen molar-refractivity contribution in [1.82, 2.24) is 14.7 Å². The van der Waals surface area contributed by atoms with E-state index in [1.165, 1.54) is 44.1 Å². The molecule has 6 aliphatic rings. The molecule has 0 aromatic heterocycles. The van der Waals surface area contributed by atoms with Crippen LogP contribution in [0.25, 0.3) is 0 Å². The summed E-state index contributed by atoms with van der Waals surface area (Å²) >= 11 is 0. The first-order valence-corrected chi connectivity index (χ1v) is 21.8. The van der Waals surface area contributed by atoms with Gasteiger partial charge in [-0.1, -0.05) is 46.8 Å². The number of hydrogen-bond acceptors (Lipinski definition) is 6. The number of fused-ring (bicyclic) bond motifs is 7. The van der Waals surface area contributed by atoms with Crippen LogP contribution in [0.2, 0.25) is 0 Å². The van der Waals surface area contributed by atoms with E-state index in [4.69, 9.17) is 4.74 Å². The van der Waals surface area contributed by atoms with Crippen molar-refractivity contribution < 1.29 is 24.2 Å². The van der Waals surface area contributed by atoms with Crippen LogP contribution in [-0.2, 0) is 19.1 Å². The molecule has 5 saturated carbocycles. The smallest absolute Gasteiger partial charge is 0.309 e. The lowest BCUT2D eigenvalue weighted by atomic mass is 9.32. The van der Waals surface area contributed by atoms with E-state index in [2.05, 4.69) is 76.9 Å². The van der Waals surface area contributed by atoms with Crippen LogP contribution >= 0.6 is 0 Å². The number of carboxylic acids is 1. The Hall–Kier alpha value is -1.93. The molecule has 0 bridgehead atoms. The zero-order chi connectivity index (χ0) is 39.6. The molecule has 6 fully saturated rings. The van der Waals surface area contributed by atoms with Gasteiger partial charge in [0, 0.05) is 38.0 Å². The van der Waals surface area contributed by atoms with Crippen molar-refractivity contribution in [2.24, 2.45) is 62.1 Å². The Morgan fingerprint density at radius 3 is 2.17 bits per heavy atom. The molecule has 0 spiro atoms. The fraction of sp³-hybridized carbons (Fsp3) is 0.891. The van der Waals surface area contributed by atoms with Crippen molar-refractivity contribution >= 4 is 17.8 Å². The quantitative estimate of drug-likeness (QED) is 0.167. The largest absolute Gasteiger partial charge is 0.481 e. The number of aliphatic carboxylic acids is 1. The van der Waals surface area contributed by atoms with Crippen LogP contribution in [0.5, 0.6) is 0 Å². The second kappa shape index (κ2) is 14.8. The standard InChI is InChI=1S/C46H77N3O5/c1-31(2)32-15-20-46(29-37(50)49-27-25-48(26-28-49)24-12-23-47(10)11)22-21-44(8)33(39(32)46)13-14-35-43(7)18-17-36(54-38(51)30-41(3,4)40(52)53)42(5,6)34(43)16-19-45(35,44)9/h32-36,39H,1,12-30H2,2-11H3,(H,52,53)/t32-,33+,34?,35+,36-,39+,43-,44+,45+,46+/m0/s1. The summed E-state index contributed by atoms with van der Waals surface area (Å²) in [6.45, 7) is 28.6. The van der Waals surface area contributed by atoms with E-state index >= 15 is 0 Å². The van der Waals surface area contributed by atoms with Gasteiger partial charge in [-0.05, 0) is 170 Å². The predicted octanol–water partition coefficient (Wildman–Crippen LogP) is 8.54. The van der Waals surface area contributed by atoms with Gasteiger partial charge in [-0.3, -0.25) is 19.3 Å². The van der Waals surface area contributed by atoms with Gasteiger partial charge in [0.25, 0.3) is 0 Å². The van der Waals surface area contributed by atoms with Gasteiger partial charge in [0.1, 0.15) is 6.10 Å². The Bertz CT molecular complexity index is 1450. The SMILES string of the molecule is C=C(C)[C@@H]1CC[C@]2(CC(=O)N3CCN(CCCN(C)C)CC3)CC[C@]3(C)[C@H](CC[C@@H]4[C@@]5(C)CC[C@H](OC(=O)CC(C)(C)C(=O)O)C(C)(C)C5CC[C@]43C)[C@@H]12. The number of esters is 1. The van der Waals surface area contributed by atoms with Gasteiger partial charge < -0.3 is 19.6 Å². The van der Waals surface area contributed by atoms with Gasteiger partial charge in [0.2, 0.25) is 5.91 Å². The number of allylic oxidation sites excluding steroid dienone is 1. The van der Waals surface area contributed by atoms with Gasteiger partial charge in [0.15, 0.2) is 0 Å². The Labute approximate surface area is 328 Å². The lowest BCUT2D eigenvalue weighted by molar-refractivity contribution is -0.250. The number of hydrogen-bond donors (Lipinski definition) is 1. The molecule has 8 nitrogen and oxygen atoms in total. The molecule has 1 saturated heterocycles. The fourth-order valence-corrected chi connectivity index (χ4v) is 14.7. The molecule has 1 aliphatic heterocycles. The third-order valence-electron chi connectivity index (χ3n) is 17.9. The fourth-order valence-electron chi connectivity index (χ4n) is 14.7. The highest BCUT2D eigenvalue weighted by Crippen LogP contribution is 2.78. The van der Waals surface area contributed by atoms with Gasteiger partial charge in [-0.15, -0.1) is 0 Å². The maximum absolute atomic E-state index is 14.3. The lowest BCUT2D eigenvalue weighted by Gasteiger charge is -2.73. The molecule has 8 heteroatoms. The Morgan fingerprint density at radius 2 is 1.54 bits per heavy atom. The molecule has 54 heavy (non-hydrogen) atoms. The number of carboxylic acid groups (broad SMARTS) is 1. The van der Waals surface area contributed by atoms with Crippen LogP contribution < -0.4 is 0 Å². The number of piperazine rings is 1. The highest BCUT2D eigenvalue weighted by atomic mass is 16.5. The zero-order valence-electron chi connectivity index (χ0n) is 36.0. The predicted molar refractivity (Wildman–Crippen MR) is 216 cm³/mol. The highest BCUT2D eigenvalue weighted by molar-refractivity contribution is 5.81. The van der Waals surface area contributed by atoms with Gasteiger partial charge >= 0.3 is 11.9 Å². The van der Waals surface area contributed by atoms with Gasteiger partial charge in [0.05, 0.1) is 11.8 Å². The molecule has 1 amide bonds. The van der Waals surface area contributed by atoms with Crippen molar-refractivity contribution in [3.63, 3.8) is 0 Å². The Kier molecular flexibility index (Phi) is 11.4. The normalized spacial score (nSPS) is 40.6. The van der Waals surface area contributed by atoms with Gasteiger partial charge in [-0.25, -0.2) is 0 Å². The monoisotopic (exact) mass is 752 g/mol. The van der Waals surface area contributed by atoms with Gasteiger partial charge in [-0.2, -0.15) is 0 Å². The molecule has 1 heterocycles. The second-order valence-corrected chi connectivity index (χ2v) is 21.8. The molecule has 0 radical (unpaired) electrons. The Morgan fingerprint density at radius 1 is 0.852 bits per heavy atom. The first-order valence-electron chi connectivity index (χ1n) is 21.8. The molecule has 1 unspecified atom stereocenters. The third kappa shape index (κ3) is 7.02. The summed E-state index contributed by atoms with van der Waals surface area (Å²) in [6, 6.07) is 0. The van der Waals surface area contributed by atoms with E-state index in [0.717, 1.165) is 71.4 Å². The number of ether oxygens (including phenoxy) is 1. The minimum Gasteiger partial charge on any atom is -0.481 e. The molecule has 0 aromatic carbocycles. The summed E-state index contributed by atoms with van der Waals surface area (Å²) < 4.78 is 6.20. The van der Waals surface area contributed by atoms with Crippen molar-refractivity contribution in [2.45, 2.75) is 145 Å². The summed E-state index contributed by atoms with van der Waals surface area (Å²) in [4.78, 5) is 46.2. The average molecular weight is 752 g/mol. The van der Waals surface area contributed by atoms with Crippen LogP contribution in [0.15, 0.2) is 12.2 Å². The van der Waals surface area contributed by atoms with E-state index in [1.54, 1.807) is 13.8 Å². The Balaban J connectivity index is 1.18. The first kappa shape index (κ1) is 41.7. The highest BCUT2D eigenvalue weighted by Gasteiger charge is 2.71. The van der Waals surface area contributed by atoms with E-state index in [9.17, 15) is 19.5 Å². The number of rotatable bonds is 11. The number of amides is 1. The van der Waals surface area contributed by atoms with E-state index in [0.29, 0.717) is 41.9 Å². The summed E-state index contributed by atoms with van der Waals surface area (Å²) in [5.74, 6) is 1.70. The lowest BCUT2D eigenvalue weighted by Crippen LogP contribution is -2.67. The molecule has 10 atom stereocenters. The second-order valence-electron chi connectivity index (χ2n) is 21.8. The van der Waals surface area contributed by atoms with E-state index in [1.807, 2.05) is 0 Å². The van der Waals surface area contributed by atoms with Crippen molar-refractivity contribution in [3.8, 4) is 0 Å². The van der Waals surface area contributed by atoms with Crippen LogP contribution in [-0.4, -0.2) is 97.1 Å². The summed E-state index contributed by atoms with van der Waals surface area (Å²) in [5, 5.41) is 9.63. The minimum atomic E-state index is -1.14. The topological polar surface area (TPSA) is 90.4 Å². The average Bonchev–Trinajstić information content (AvgIpc) is 3.46. The van der Waals surface area contributed by atoms with E-state index in [-0.39, 0.29) is 45.6 Å². The first-order chi connectivity index (χ1) is 25.1. The molecular formula is C46H77N3O5. The van der Waals surface area contributed by atoms with Crippen LogP contribution in [0.1, 0.15) is 139 Å². The molecule has 1 N–H and O–H groups in total. The molecular weight excluding hydrogens is 675 g/mol. The molecule has 306 valence electrons. The molecule has 5 aliphatic carbocycles. The third-order valence-corrected chi connectivity index (χ3v) is 17.9. The molecule has 0 aromatic rings. The number of carbonyl (C=O) groups excluding carboxylic acids is 2. The summed E-state index contributed by atoms with van der Waals surface area (Å²) in [7, 11) is 4.28. The van der Waals surface area contributed by atoms with Crippen LogP contribution in [0.3, 0.4) is 0 Å². The summed E-state index contributed by atoms with van der Waals surface area (Å²) in [6.07, 6.45) is 13.0. The maximum atomic E-state index is 14.3. The van der Waals surface area contributed by atoms with Crippen molar-refractivity contribution in [3.05, 3.63) is 12.2 Å². The minimum absolute atomic E-state index is 0.0805. The van der Waals surface area contributed by atoms with Crippen LogP contribution in [0.4, 0.5) is 0 Å². The van der Waals surface area contributed by atoms with Crippen LogP contribution in [0, 0.1) is 62.1 Å². The zero-order valence-corrected chi connectivity index (χ0v) is 36.0. The molecule has 6 rings (SSSR count). The summed E-state index contributed by atoms with van der Waals surface area (Å²) in [5.41, 5.74) is 0.633. The van der Waals surface area contributed by atoms with Crippen molar-refractivity contribution in [1.29, 1.82) is 0 Å². The maximum Gasteiger partial charge on any atom is 0.309 e. The van der Waals surface area contributed by atoms with E-state index < -0.39 is 11.4 Å².